The molecule has 4 heterocycles. The Hall–Kier alpha value is -1.99. The molecule has 192 valence electrons. The topological polar surface area (TPSA) is 43.4 Å². The molecule has 0 amide bonds. The van der Waals surface area contributed by atoms with Crippen molar-refractivity contribution in [3.8, 4) is 23.0 Å². The van der Waals surface area contributed by atoms with Crippen LogP contribution in [0.5, 0.6) is 23.0 Å². The van der Waals surface area contributed by atoms with Crippen molar-refractivity contribution in [2.45, 2.75) is 35.5 Å². The van der Waals surface area contributed by atoms with Crippen molar-refractivity contribution in [1.29, 1.82) is 0 Å². The van der Waals surface area contributed by atoms with Crippen molar-refractivity contribution in [2.75, 3.05) is 46.7 Å². The maximum atomic E-state index is 6.72. The summed E-state index contributed by atoms with van der Waals surface area (Å²) in [4.78, 5) is 4.62. The van der Waals surface area contributed by atoms with Crippen LogP contribution in [-0.2, 0) is 6.42 Å². The molecule has 6 nitrogen and oxygen atoms in total. The highest BCUT2D eigenvalue weighted by molar-refractivity contribution is 6.68. The molecule has 0 spiro atoms. The fourth-order valence-electron chi connectivity index (χ4n) is 5.79. The molecule has 2 aromatic carbocycles. The number of nitrogens with zero attached hydrogens (tertiary/aromatic N) is 2. The molecule has 0 aliphatic carbocycles. The minimum atomic E-state index is -1.60. The fourth-order valence-corrected chi connectivity index (χ4v) is 6.47. The molecule has 36 heavy (non-hydrogen) atoms. The Bertz CT molecular complexity index is 1190. The molecule has 0 radical (unpaired) electrons. The van der Waals surface area contributed by atoms with E-state index in [9.17, 15) is 0 Å². The van der Waals surface area contributed by atoms with Gasteiger partial charge < -0.3 is 23.8 Å². The van der Waals surface area contributed by atoms with E-state index in [2.05, 4.69) is 21.9 Å². The highest BCUT2D eigenvalue weighted by atomic mass is 35.6. The molecular formula is C27H29Cl3N2O4. The van der Waals surface area contributed by atoms with Gasteiger partial charge >= 0.3 is 0 Å². The van der Waals surface area contributed by atoms with Crippen molar-refractivity contribution < 1.29 is 18.9 Å². The van der Waals surface area contributed by atoms with Gasteiger partial charge in [0, 0.05) is 29.9 Å². The summed E-state index contributed by atoms with van der Waals surface area (Å²) in [6.45, 7) is 4.56. The van der Waals surface area contributed by atoms with E-state index in [0.717, 1.165) is 59.9 Å². The number of methoxy groups -OCH3 is 1. The largest absolute Gasteiger partial charge is 0.493 e. The van der Waals surface area contributed by atoms with E-state index in [4.69, 9.17) is 53.8 Å². The van der Waals surface area contributed by atoms with E-state index in [1.165, 1.54) is 24.8 Å². The summed E-state index contributed by atoms with van der Waals surface area (Å²) in [6, 6.07) is 7.51. The first-order valence-corrected chi connectivity index (χ1v) is 13.6. The van der Waals surface area contributed by atoms with Gasteiger partial charge in [-0.2, -0.15) is 0 Å². The third kappa shape index (κ3) is 4.36. The molecule has 0 saturated carbocycles. The quantitative estimate of drug-likeness (QED) is 0.420. The number of likely N-dealkylation sites (tertiary alicyclic amines) is 1. The second kappa shape index (κ2) is 9.71. The van der Waals surface area contributed by atoms with E-state index in [0.29, 0.717) is 24.7 Å². The van der Waals surface area contributed by atoms with Crippen LogP contribution >= 0.6 is 34.8 Å². The third-order valence-corrected chi connectivity index (χ3v) is 8.13. The molecule has 1 fully saturated rings. The molecule has 4 aliphatic heterocycles. The Morgan fingerprint density at radius 2 is 1.81 bits per heavy atom. The zero-order chi connectivity index (χ0) is 24.9. The summed E-state index contributed by atoms with van der Waals surface area (Å²) in [5.41, 5.74) is 5.07. The molecule has 0 N–H and O–H groups in total. The van der Waals surface area contributed by atoms with Gasteiger partial charge in [-0.15, -0.1) is 0 Å². The van der Waals surface area contributed by atoms with Crippen molar-refractivity contribution in [1.82, 2.24) is 9.80 Å². The van der Waals surface area contributed by atoms with Crippen LogP contribution in [0.15, 0.2) is 24.3 Å². The van der Waals surface area contributed by atoms with Crippen LogP contribution in [0.1, 0.15) is 47.6 Å². The first-order valence-electron chi connectivity index (χ1n) is 12.5. The summed E-state index contributed by atoms with van der Waals surface area (Å²) in [5.74, 6) is 2.81. The average Bonchev–Trinajstić information content (AvgIpc) is 3.33. The molecular weight excluding hydrogens is 523 g/mol. The Morgan fingerprint density at radius 1 is 1.03 bits per heavy atom. The van der Waals surface area contributed by atoms with E-state index in [-0.39, 0.29) is 6.79 Å². The van der Waals surface area contributed by atoms with Crippen LogP contribution in [0.25, 0.3) is 11.8 Å². The summed E-state index contributed by atoms with van der Waals surface area (Å²) in [7, 11) is 1.65. The predicted octanol–water partition coefficient (Wildman–Crippen LogP) is 6.07. The van der Waals surface area contributed by atoms with Crippen LogP contribution in [0.3, 0.4) is 0 Å². The highest BCUT2D eigenvalue weighted by Crippen LogP contribution is 2.56. The number of ether oxygens (including phenoxy) is 4. The zero-order valence-electron chi connectivity index (χ0n) is 20.2. The lowest BCUT2D eigenvalue weighted by Crippen LogP contribution is -2.41. The normalized spacial score (nSPS) is 20.8. The van der Waals surface area contributed by atoms with E-state index < -0.39 is 9.83 Å². The summed E-state index contributed by atoms with van der Waals surface area (Å²) in [6.07, 6.45) is 6.73. The lowest BCUT2D eigenvalue weighted by atomic mass is 9.86. The fraction of sp³-hybridized carbons (Fsp3) is 0.481. The Labute approximate surface area is 226 Å². The van der Waals surface area contributed by atoms with Crippen LogP contribution in [0.4, 0.5) is 0 Å². The third-order valence-electron chi connectivity index (χ3n) is 7.51. The Kier molecular flexibility index (Phi) is 6.57. The van der Waals surface area contributed by atoms with E-state index in [1.54, 1.807) is 7.11 Å². The molecule has 0 bridgehead atoms. The number of halogens is 3. The van der Waals surface area contributed by atoms with Crippen LogP contribution in [0.2, 0.25) is 0 Å². The van der Waals surface area contributed by atoms with E-state index >= 15 is 0 Å². The molecule has 9 heteroatoms. The molecule has 0 unspecified atom stereocenters. The number of rotatable bonds is 5. The lowest BCUT2D eigenvalue weighted by molar-refractivity contribution is 0.174. The second-order valence-electron chi connectivity index (χ2n) is 9.63. The number of benzene rings is 2. The number of fused-ring (bicyclic) bond motifs is 5. The second-order valence-corrected chi connectivity index (χ2v) is 12.0. The zero-order valence-corrected chi connectivity index (χ0v) is 22.5. The summed E-state index contributed by atoms with van der Waals surface area (Å²) >= 11 is 20.1. The van der Waals surface area contributed by atoms with Gasteiger partial charge in [0.15, 0.2) is 23.0 Å². The van der Waals surface area contributed by atoms with Gasteiger partial charge in [-0.1, -0.05) is 47.3 Å². The van der Waals surface area contributed by atoms with Crippen LogP contribution in [0, 0.1) is 0 Å². The molecule has 4 aliphatic rings. The standard InChI is InChI=1S/C27H29Cl3N2O4/c1-33-21-6-5-18-13-20-19-15-23-22(35-16-36-23)14-17(19)7-10-32(20)26(27(28,29)30)24(18)25(21)34-12-11-31-8-3-2-4-9-31/h5-6,13-15,26H,2-4,7-12,16H2,1H3/t26-/m0/s1. The molecule has 6 rings (SSSR count). The van der Waals surface area contributed by atoms with Gasteiger partial charge in [0.05, 0.1) is 7.11 Å². The molecule has 2 aromatic rings. The minimum Gasteiger partial charge on any atom is -0.493 e. The van der Waals surface area contributed by atoms with Gasteiger partial charge in [0.2, 0.25) is 10.6 Å². The lowest BCUT2D eigenvalue weighted by Gasteiger charge is -2.46. The van der Waals surface area contributed by atoms with Gasteiger partial charge in [-0.05, 0) is 67.8 Å². The Balaban J connectivity index is 1.41. The van der Waals surface area contributed by atoms with Gasteiger partial charge in [-0.3, -0.25) is 4.90 Å². The highest BCUT2D eigenvalue weighted by Gasteiger charge is 2.46. The van der Waals surface area contributed by atoms with Crippen molar-refractivity contribution >= 4 is 46.6 Å². The Morgan fingerprint density at radius 3 is 2.56 bits per heavy atom. The summed E-state index contributed by atoms with van der Waals surface area (Å²) in [5, 5.41) is 0. The molecule has 1 saturated heterocycles. The van der Waals surface area contributed by atoms with Crippen molar-refractivity contribution in [3.63, 3.8) is 0 Å². The maximum absolute atomic E-state index is 6.72. The van der Waals surface area contributed by atoms with E-state index in [1.807, 2.05) is 18.2 Å². The number of alkyl halides is 3. The van der Waals surface area contributed by atoms with Crippen molar-refractivity contribution in [2.24, 2.45) is 0 Å². The smallest absolute Gasteiger partial charge is 0.231 e. The molecule has 0 aromatic heterocycles. The minimum absolute atomic E-state index is 0.235. The first-order chi connectivity index (χ1) is 17.4. The summed E-state index contributed by atoms with van der Waals surface area (Å²) < 4.78 is 21.8. The average molecular weight is 552 g/mol. The van der Waals surface area contributed by atoms with Crippen LogP contribution in [-0.4, -0.2) is 60.3 Å². The van der Waals surface area contributed by atoms with Crippen LogP contribution < -0.4 is 18.9 Å². The monoisotopic (exact) mass is 550 g/mol. The molecule has 1 atom stereocenters. The number of piperidine rings is 1. The maximum Gasteiger partial charge on any atom is 0.231 e. The van der Waals surface area contributed by atoms with Gasteiger partial charge in [0.25, 0.3) is 0 Å². The van der Waals surface area contributed by atoms with Crippen molar-refractivity contribution in [3.05, 3.63) is 46.5 Å². The SMILES string of the molecule is COc1ccc2c(c1OCCN1CCCCC1)[C@@H](C(Cl)(Cl)Cl)N1CCc3cc4c(cc3C1=C2)OCO4. The van der Waals surface area contributed by atoms with Gasteiger partial charge in [0.1, 0.15) is 12.6 Å². The predicted molar refractivity (Wildman–Crippen MR) is 143 cm³/mol. The first kappa shape index (κ1) is 24.4. The number of hydrogen-bond acceptors (Lipinski definition) is 6. The number of hydrogen-bond donors (Lipinski definition) is 0. The van der Waals surface area contributed by atoms with Gasteiger partial charge in [-0.25, -0.2) is 0 Å².